The van der Waals surface area contributed by atoms with E-state index in [9.17, 15) is 0 Å². The van der Waals surface area contributed by atoms with Crippen molar-refractivity contribution >= 4 is 5.69 Å². The quantitative estimate of drug-likeness (QED) is 0.760. The molecule has 0 aliphatic heterocycles. The van der Waals surface area contributed by atoms with Crippen LogP contribution in [0, 0.1) is 6.92 Å². The van der Waals surface area contributed by atoms with Crippen LogP contribution in [0.3, 0.4) is 0 Å². The molecule has 1 aromatic heterocycles. The van der Waals surface area contributed by atoms with Crippen molar-refractivity contribution in [1.29, 1.82) is 0 Å². The zero-order valence-electron chi connectivity index (χ0n) is 8.77. The number of nitrogen functional groups attached to an aromatic ring is 1. The van der Waals surface area contributed by atoms with E-state index < -0.39 is 0 Å². The Bertz CT molecular complexity index is 476. The number of aryl methyl sites for hydroxylation is 2. The standard InChI is InChI=1S/C11H13N3O/c1-8-7-11(14(2)13-8)15-10-6-4-3-5-9(10)12/h3-7H,12H2,1-2H3. The van der Waals surface area contributed by atoms with Crippen LogP contribution in [0.2, 0.25) is 0 Å². The smallest absolute Gasteiger partial charge is 0.217 e. The molecule has 1 aromatic carbocycles. The minimum atomic E-state index is 0.622. The second-order valence-corrected chi connectivity index (χ2v) is 3.39. The maximum Gasteiger partial charge on any atom is 0.217 e. The van der Waals surface area contributed by atoms with Crippen LogP contribution in [-0.4, -0.2) is 9.78 Å². The van der Waals surface area contributed by atoms with Gasteiger partial charge < -0.3 is 10.5 Å². The topological polar surface area (TPSA) is 53.1 Å². The van der Waals surface area contributed by atoms with Gasteiger partial charge in [0.1, 0.15) is 0 Å². The number of hydrogen-bond donors (Lipinski definition) is 1. The third kappa shape index (κ3) is 1.93. The molecule has 4 nitrogen and oxygen atoms in total. The van der Waals surface area contributed by atoms with Gasteiger partial charge in [-0.1, -0.05) is 12.1 Å². The van der Waals surface area contributed by atoms with Gasteiger partial charge >= 0.3 is 0 Å². The lowest BCUT2D eigenvalue weighted by Gasteiger charge is -2.07. The van der Waals surface area contributed by atoms with Gasteiger partial charge in [-0.15, -0.1) is 0 Å². The third-order valence-corrected chi connectivity index (χ3v) is 2.09. The molecule has 0 aliphatic rings. The monoisotopic (exact) mass is 203 g/mol. The van der Waals surface area contributed by atoms with E-state index in [1.807, 2.05) is 38.2 Å². The maximum atomic E-state index is 5.77. The van der Waals surface area contributed by atoms with Crippen LogP contribution in [0.1, 0.15) is 5.69 Å². The van der Waals surface area contributed by atoms with E-state index in [1.54, 1.807) is 10.7 Å². The molecule has 2 rings (SSSR count). The Labute approximate surface area is 88.3 Å². The van der Waals surface area contributed by atoms with Crippen LogP contribution in [0.5, 0.6) is 11.6 Å². The van der Waals surface area contributed by atoms with E-state index >= 15 is 0 Å². The minimum absolute atomic E-state index is 0.622. The molecule has 0 unspecified atom stereocenters. The third-order valence-electron chi connectivity index (χ3n) is 2.09. The lowest BCUT2D eigenvalue weighted by molar-refractivity contribution is 0.432. The molecule has 4 heteroatoms. The molecule has 0 saturated heterocycles. The first kappa shape index (κ1) is 9.58. The largest absolute Gasteiger partial charge is 0.437 e. The fraction of sp³-hybridized carbons (Fsp3) is 0.182. The molecular formula is C11H13N3O. The van der Waals surface area contributed by atoms with Gasteiger partial charge in [-0.05, 0) is 19.1 Å². The van der Waals surface area contributed by atoms with Crippen molar-refractivity contribution < 1.29 is 4.74 Å². The van der Waals surface area contributed by atoms with Crippen molar-refractivity contribution in [2.24, 2.45) is 7.05 Å². The highest BCUT2D eigenvalue weighted by Gasteiger charge is 2.05. The molecule has 0 spiro atoms. The Morgan fingerprint density at radius 2 is 2.07 bits per heavy atom. The molecule has 0 saturated carbocycles. The molecule has 0 bridgehead atoms. The first-order valence-corrected chi connectivity index (χ1v) is 4.70. The molecule has 0 radical (unpaired) electrons. The average molecular weight is 203 g/mol. The van der Waals surface area contributed by atoms with Crippen LogP contribution in [-0.2, 0) is 7.05 Å². The van der Waals surface area contributed by atoms with Crippen LogP contribution < -0.4 is 10.5 Å². The van der Waals surface area contributed by atoms with Gasteiger partial charge in [0.05, 0.1) is 11.4 Å². The molecule has 0 fully saturated rings. The number of nitrogens with zero attached hydrogens (tertiary/aromatic N) is 2. The number of aromatic nitrogens is 2. The summed E-state index contributed by atoms with van der Waals surface area (Å²) in [5, 5.41) is 4.19. The number of rotatable bonds is 2. The first-order chi connectivity index (χ1) is 7.16. The highest BCUT2D eigenvalue weighted by atomic mass is 16.5. The van der Waals surface area contributed by atoms with Crippen LogP contribution in [0.25, 0.3) is 0 Å². The second-order valence-electron chi connectivity index (χ2n) is 3.39. The number of nitrogens with two attached hydrogens (primary N) is 1. The Hall–Kier alpha value is -1.97. The molecule has 78 valence electrons. The zero-order chi connectivity index (χ0) is 10.8. The van der Waals surface area contributed by atoms with Crippen LogP contribution in [0.4, 0.5) is 5.69 Å². The highest BCUT2D eigenvalue weighted by Crippen LogP contribution is 2.26. The lowest BCUT2D eigenvalue weighted by atomic mass is 10.3. The van der Waals surface area contributed by atoms with Crippen molar-refractivity contribution in [3.63, 3.8) is 0 Å². The van der Waals surface area contributed by atoms with Gasteiger partial charge in [-0.25, -0.2) is 4.68 Å². The van der Waals surface area contributed by atoms with Gasteiger partial charge in [-0.2, -0.15) is 5.10 Å². The predicted octanol–water partition coefficient (Wildman–Crippen LogP) is 2.10. The summed E-state index contributed by atoms with van der Waals surface area (Å²) >= 11 is 0. The van der Waals surface area contributed by atoms with E-state index in [2.05, 4.69) is 5.10 Å². The number of ether oxygens (including phenoxy) is 1. The summed E-state index contributed by atoms with van der Waals surface area (Å²) in [6.07, 6.45) is 0. The van der Waals surface area contributed by atoms with E-state index in [0.717, 1.165) is 5.69 Å². The molecule has 0 aliphatic carbocycles. The Morgan fingerprint density at radius 3 is 2.67 bits per heavy atom. The second kappa shape index (κ2) is 3.65. The Balaban J connectivity index is 2.29. The van der Waals surface area contributed by atoms with E-state index in [-0.39, 0.29) is 0 Å². The summed E-state index contributed by atoms with van der Waals surface area (Å²) in [6.45, 7) is 1.92. The zero-order valence-corrected chi connectivity index (χ0v) is 8.77. The predicted molar refractivity (Wildman–Crippen MR) is 58.9 cm³/mol. The number of anilines is 1. The molecule has 2 aromatic rings. The van der Waals surface area contributed by atoms with Crippen molar-refractivity contribution in [2.45, 2.75) is 6.92 Å². The summed E-state index contributed by atoms with van der Waals surface area (Å²) in [5.41, 5.74) is 7.31. The lowest BCUT2D eigenvalue weighted by Crippen LogP contribution is -1.97. The van der Waals surface area contributed by atoms with Gasteiger partial charge in [0, 0.05) is 13.1 Å². The minimum Gasteiger partial charge on any atom is -0.437 e. The fourth-order valence-corrected chi connectivity index (χ4v) is 1.37. The normalized spacial score (nSPS) is 10.3. The molecule has 2 N–H and O–H groups in total. The van der Waals surface area contributed by atoms with E-state index in [0.29, 0.717) is 17.3 Å². The SMILES string of the molecule is Cc1cc(Oc2ccccc2N)n(C)n1. The number of hydrogen-bond acceptors (Lipinski definition) is 3. The van der Waals surface area contributed by atoms with E-state index in [1.165, 1.54) is 0 Å². The molecule has 0 amide bonds. The molecule has 1 heterocycles. The van der Waals surface area contributed by atoms with Gasteiger partial charge in [0.2, 0.25) is 5.88 Å². The summed E-state index contributed by atoms with van der Waals surface area (Å²) in [7, 11) is 1.83. The van der Waals surface area contributed by atoms with E-state index in [4.69, 9.17) is 10.5 Å². The number of benzene rings is 1. The van der Waals surface area contributed by atoms with Crippen molar-refractivity contribution in [3.05, 3.63) is 36.0 Å². The fourth-order valence-electron chi connectivity index (χ4n) is 1.37. The Kier molecular flexibility index (Phi) is 2.33. The summed E-state index contributed by atoms with van der Waals surface area (Å²) in [5.74, 6) is 1.34. The van der Waals surface area contributed by atoms with Crippen LogP contribution in [0.15, 0.2) is 30.3 Å². The Morgan fingerprint density at radius 1 is 1.33 bits per heavy atom. The van der Waals surface area contributed by atoms with Crippen molar-refractivity contribution in [1.82, 2.24) is 9.78 Å². The summed E-state index contributed by atoms with van der Waals surface area (Å²) in [4.78, 5) is 0. The summed E-state index contributed by atoms with van der Waals surface area (Å²) < 4.78 is 7.32. The number of para-hydroxylation sites is 2. The van der Waals surface area contributed by atoms with Gasteiger partial charge in [0.15, 0.2) is 5.75 Å². The van der Waals surface area contributed by atoms with Gasteiger partial charge in [-0.3, -0.25) is 0 Å². The molecule has 0 atom stereocenters. The first-order valence-electron chi connectivity index (χ1n) is 4.70. The molecule has 15 heavy (non-hydrogen) atoms. The molecular weight excluding hydrogens is 190 g/mol. The summed E-state index contributed by atoms with van der Waals surface area (Å²) in [6, 6.07) is 9.26. The van der Waals surface area contributed by atoms with Crippen molar-refractivity contribution in [2.75, 3.05) is 5.73 Å². The maximum absolute atomic E-state index is 5.77. The van der Waals surface area contributed by atoms with Crippen molar-refractivity contribution in [3.8, 4) is 11.6 Å². The van der Waals surface area contributed by atoms with Gasteiger partial charge in [0.25, 0.3) is 0 Å². The average Bonchev–Trinajstić information content (AvgIpc) is 2.49. The van der Waals surface area contributed by atoms with Crippen LogP contribution >= 0.6 is 0 Å². The highest BCUT2D eigenvalue weighted by molar-refractivity contribution is 5.53.